The maximum atomic E-state index is 4.55. The second-order valence-corrected chi connectivity index (χ2v) is 9.17. The molecule has 0 fully saturated rings. The molecule has 0 N–H and O–H groups in total. The molecule has 0 aliphatic heterocycles. The Kier molecular flexibility index (Phi) is 3.98. The molecule has 0 spiro atoms. The van der Waals surface area contributed by atoms with Crippen molar-refractivity contribution in [3.63, 3.8) is 0 Å². The first kappa shape index (κ1) is 18.7. The predicted molar refractivity (Wildman–Crippen MR) is 137 cm³/mol. The third-order valence-electron chi connectivity index (χ3n) is 7.48. The van der Waals surface area contributed by atoms with Crippen molar-refractivity contribution >= 4 is 0 Å². The molecule has 2 aliphatic carbocycles. The van der Waals surface area contributed by atoms with Gasteiger partial charge in [-0.15, -0.1) is 0 Å². The number of rotatable bonds is 2. The zero-order valence-electron chi connectivity index (χ0n) is 18.3. The van der Waals surface area contributed by atoms with Crippen molar-refractivity contribution in [1.82, 2.24) is 0 Å². The fourth-order valence-electron chi connectivity index (χ4n) is 6.09. The topological polar surface area (TPSA) is 0 Å². The minimum absolute atomic E-state index is 0.238. The van der Waals surface area contributed by atoms with Gasteiger partial charge in [0.05, 0.1) is 0 Å². The Labute approximate surface area is 195 Å². The highest BCUT2D eigenvalue weighted by Crippen LogP contribution is 2.51. The van der Waals surface area contributed by atoms with Crippen molar-refractivity contribution in [2.24, 2.45) is 0 Å². The van der Waals surface area contributed by atoms with Crippen LogP contribution < -0.4 is 0 Å². The summed E-state index contributed by atoms with van der Waals surface area (Å²) in [6.45, 7) is 4.55. The van der Waals surface area contributed by atoms with E-state index in [2.05, 4.69) is 122 Å². The molecule has 0 aromatic heterocycles. The number of fused-ring (bicyclic) bond motifs is 6. The van der Waals surface area contributed by atoms with E-state index in [9.17, 15) is 0 Å². The molecule has 7 rings (SSSR count). The van der Waals surface area contributed by atoms with E-state index in [0.717, 1.165) is 5.56 Å². The summed E-state index contributed by atoms with van der Waals surface area (Å²) in [6.07, 6.45) is 0. The first-order valence-corrected chi connectivity index (χ1v) is 11.6. The molecule has 33 heavy (non-hydrogen) atoms. The van der Waals surface area contributed by atoms with E-state index >= 15 is 0 Å². The molecule has 0 heterocycles. The van der Waals surface area contributed by atoms with Gasteiger partial charge in [-0.1, -0.05) is 115 Å². The van der Waals surface area contributed by atoms with Crippen LogP contribution in [0.5, 0.6) is 0 Å². The van der Waals surface area contributed by atoms with Gasteiger partial charge in [-0.05, 0) is 68.1 Å². The van der Waals surface area contributed by atoms with E-state index < -0.39 is 0 Å². The maximum Gasteiger partial charge on any atom is 0.0355 e. The lowest BCUT2D eigenvalue weighted by atomic mass is 9.83. The van der Waals surface area contributed by atoms with E-state index in [1.54, 1.807) is 0 Å². The molecular weight excluding hydrogens is 396 g/mol. The van der Waals surface area contributed by atoms with Crippen molar-refractivity contribution in [1.29, 1.82) is 0 Å². The Morgan fingerprint density at radius 2 is 0.788 bits per heavy atom. The molecule has 0 unspecified atom stereocenters. The minimum atomic E-state index is 0.238. The van der Waals surface area contributed by atoms with Crippen LogP contribution in [0.1, 0.15) is 50.8 Å². The highest BCUT2D eigenvalue weighted by molar-refractivity contribution is 5.82. The SMILES string of the molecule is [CH2]c1cc(C2c3ccccc3-c3ccccc32)ccc1C1c2ccccc2-c2ccccc21. The molecule has 2 aliphatic rings. The Morgan fingerprint density at radius 3 is 1.21 bits per heavy atom. The van der Waals surface area contributed by atoms with Gasteiger partial charge in [0, 0.05) is 11.8 Å². The smallest absolute Gasteiger partial charge is 0.0355 e. The molecular formula is C33H23. The van der Waals surface area contributed by atoms with Gasteiger partial charge in [-0.3, -0.25) is 0 Å². The van der Waals surface area contributed by atoms with Gasteiger partial charge in [0.25, 0.3) is 0 Å². The second kappa shape index (κ2) is 7.05. The highest BCUT2D eigenvalue weighted by atomic mass is 14.4. The molecule has 0 saturated heterocycles. The molecule has 0 saturated carbocycles. The highest BCUT2D eigenvalue weighted by Gasteiger charge is 2.32. The molecule has 1 radical (unpaired) electrons. The average Bonchev–Trinajstić information content (AvgIpc) is 3.37. The van der Waals surface area contributed by atoms with E-state index in [0.29, 0.717) is 0 Å². The van der Waals surface area contributed by atoms with E-state index in [1.807, 2.05) is 0 Å². The summed E-state index contributed by atoms with van der Waals surface area (Å²) in [7, 11) is 0. The normalized spacial score (nSPS) is 14.0. The van der Waals surface area contributed by atoms with Gasteiger partial charge < -0.3 is 0 Å². The summed E-state index contributed by atoms with van der Waals surface area (Å²) in [5.41, 5.74) is 14.7. The summed E-state index contributed by atoms with van der Waals surface area (Å²) in [4.78, 5) is 0. The Hall–Kier alpha value is -3.90. The van der Waals surface area contributed by atoms with Crippen molar-refractivity contribution < 1.29 is 0 Å². The summed E-state index contributed by atoms with van der Waals surface area (Å²) >= 11 is 0. The zero-order valence-corrected chi connectivity index (χ0v) is 18.3. The summed E-state index contributed by atoms with van der Waals surface area (Å²) < 4.78 is 0. The van der Waals surface area contributed by atoms with Crippen LogP contribution >= 0.6 is 0 Å². The minimum Gasteiger partial charge on any atom is -0.0619 e. The van der Waals surface area contributed by atoms with Gasteiger partial charge in [0.1, 0.15) is 0 Å². The molecule has 5 aromatic rings. The molecule has 0 amide bonds. The Balaban J connectivity index is 1.38. The van der Waals surface area contributed by atoms with Crippen molar-refractivity contribution in [3.05, 3.63) is 161 Å². The van der Waals surface area contributed by atoms with Gasteiger partial charge in [0.15, 0.2) is 0 Å². The molecule has 5 aromatic carbocycles. The van der Waals surface area contributed by atoms with Crippen LogP contribution in [0.25, 0.3) is 22.3 Å². The zero-order chi connectivity index (χ0) is 21.9. The van der Waals surface area contributed by atoms with Crippen molar-refractivity contribution in [2.75, 3.05) is 0 Å². The number of hydrogen-bond donors (Lipinski definition) is 0. The lowest BCUT2D eigenvalue weighted by Gasteiger charge is -2.20. The fourth-order valence-corrected chi connectivity index (χ4v) is 6.09. The van der Waals surface area contributed by atoms with Crippen LogP contribution in [0.15, 0.2) is 115 Å². The van der Waals surface area contributed by atoms with E-state index in [1.165, 1.54) is 55.6 Å². The van der Waals surface area contributed by atoms with Crippen LogP contribution in [0.3, 0.4) is 0 Å². The number of benzene rings is 5. The predicted octanol–water partition coefficient (Wildman–Crippen LogP) is 8.19. The largest absolute Gasteiger partial charge is 0.0619 e. The lowest BCUT2D eigenvalue weighted by molar-refractivity contribution is 0.977. The maximum absolute atomic E-state index is 4.55. The van der Waals surface area contributed by atoms with Gasteiger partial charge >= 0.3 is 0 Å². The molecule has 155 valence electrons. The van der Waals surface area contributed by atoms with Gasteiger partial charge in [-0.2, -0.15) is 0 Å². The third kappa shape index (κ3) is 2.64. The average molecular weight is 420 g/mol. The van der Waals surface area contributed by atoms with Crippen LogP contribution in [-0.4, -0.2) is 0 Å². The first-order valence-electron chi connectivity index (χ1n) is 11.6. The summed E-state index contributed by atoms with van der Waals surface area (Å²) in [5.74, 6) is 0.497. The van der Waals surface area contributed by atoms with Crippen molar-refractivity contribution in [2.45, 2.75) is 11.8 Å². The Bertz CT molecular complexity index is 1450. The molecule has 0 heteroatoms. The quantitative estimate of drug-likeness (QED) is 0.265. The fraction of sp³-hybridized carbons (Fsp3) is 0.0606. The first-order chi connectivity index (χ1) is 16.3. The monoisotopic (exact) mass is 419 g/mol. The van der Waals surface area contributed by atoms with Crippen LogP contribution in [-0.2, 0) is 0 Å². The van der Waals surface area contributed by atoms with E-state index in [-0.39, 0.29) is 11.8 Å². The van der Waals surface area contributed by atoms with Crippen LogP contribution in [0.2, 0.25) is 0 Å². The summed E-state index contributed by atoms with van der Waals surface area (Å²) in [6, 6.07) is 42.3. The van der Waals surface area contributed by atoms with Gasteiger partial charge in [0.2, 0.25) is 0 Å². The molecule has 0 bridgehead atoms. The second-order valence-electron chi connectivity index (χ2n) is 9.17. The lowest BCUT2D eigenvalue weighted by Crippen LogP contribution is -2.05. The Morgan fingerprint density at radius 1 is 0.394 bits per heavy atom. The van der Waals surface area contributed by atoms with Gasteiger partial charge in [-0.25, -0.2) is 0 Å². The van der Waals surface area contributed by atoms with E-state index in [4.69, 9.17) is 0 Å². The van der Waals surface area contributed by atoms with Crippen LogP contribution in [0, 0.1) is 6.92 Å². The third-order valence-corrected chi connectivity index (χ3v) is 7.48. The van der Waals surface area contributed by atoms with Crippen molar-refractivity contribution in [3.8, 4) is 22.3 Å². The summed E-state index contributed by atoms with van der Waals surface area (Å²) in [5, 5.41) is 0. The van der Waals surface area contributed by atoms with Crippen LogP contribution in [0.4, 0.5) is 0 Å². The standard InChI is InChI=1S/C33H23/c1-21-20-22(32-28-14-6-2-10-24(28)25-11-3-7-15-29(25)32)18-19-23(21)33-30-16-8-4-12-26(30)27-13-5-9-17-31(27)33/h2-20,32-33H,1H2. The molecule has 0 nitrogen and oxygen atoms in total. The number of hydrogen-bond acceptors (Lipinski definition) is 0. The molecule has 0 atom stereocenters.